The maximum Gasteiger partial charge on any atom is 0.387 e. The van der Waals surface area contributed by atoms with Crippen molar-refractivity contribution in [3.05, 3.63) is 29.1 Å². The van der Waals surface area contributed by atoms with E-state index in [4.69, 9.17) is 5.73 Å². The van der Waals surface area contributed by atoms with Gasteiger partial charge >= 0.3 is 6.61 Å². The van der Waals surface area contributed by atoms with Crippen molar-refractivity contribution in [3.8, 4) is 17.0 Å². The van der Waals surface area contributed by atoms with Gasteiger partial charge in [-0.15, -0.1) is 11.3 Å². The lowest BCUT2D eigenvalue weighted by Gasteiger charge is -2.06. The van der Waals surface area contributed by atoms with Gasteiger partial charge in [-0.05, 0) is 31.2 Å². The van der Waals surface area contributed by atoms with Crippen LogP contribution in [-0.4, -0.2) is 24.0 Å². The SMILES string of the molecule is Cc1sc(NC(=O)C(C)CN)nc1-c1ccc(OC(F)F)cc1. The Hall–Kier alpha value is -2.06. The normalized spacial score (nSPS) is 12.3. The highest BCUT2D eigenvalue weighted by atomic mass is 32.1. The van der Waals surface area contributed by atoms with Crippen LogP contribution in [-0.2, 0) is 4.79 Å². The zero-order chi connectivity index (χ0) is 17.0. The van der Waals surface area contributed by atoms with Crippen LogP contribution in [0, 0.1) is 12.8 Å². The number of anilines is 1. The first kappa shape index (κ1) is 17.3. The number of carbonyl (C=O) groups excluding carboxylic acids is 1. The largest absolute Gasteiger partial charge is 0.435 e. The molecule has 2 aromatic rings. The number of halogens is 2. The molecule has 1 aromatic heterocycles. The van der Waals surface area contributed by atoms with Crippen LogP contribution in [0.4, 0.5) is 13.9 Å². The third-order valence-corrected chi connectivity index (χ3v) is 4.07. The van der Waals surface area contributed by atoms with Gasteiger partial charge in [0.1, 0.15) is 5.75 Å². The zero-order valence-electron chi connectivity index (χ0n) is 12.7. The number of nitrogens with zero attached hydrogens (tertiary/aromatic N) is 1. The van der Waals surface area contributed by atoms with Gasteiger partial charge in [-0.3, -0.25) is 4.79 Å². The molecule has 0 bridgehead atoms. The first-order valence-corrected chi connectivity index (χ1v) is 7.76. The summed E-state index contributed by atoms with van der Waals surface area (Å²) >= 11 is 1.35. The van der Waals surface area contributed by atoms with E-state index >= 15 is 0 Å². The fourth-order valence-electron chi connectivity index (χ4n) is 1.85. The van der Waals surface area contributed by atoms with E-state index in [2.05, 4.69) is 15.0 Å². The van der Waals surface area contributed by atoms with Crippen LogP contribution in [0.1, 0.15) is 11.8 Å². The molecule has 1 amide bonds. The average Bonchev–Trinajstić information content (AvgIpc) is 2.87. The van der Waals surface area contributed by atoms with Crippen LogP contribution in [0.2, 0.25) is 0 Å². The molecule has 1 unspecified atom stereocenters. The van der Waals surface area contributed by atoms with Gasteiger partial charge in [-0.25, -0.2) is 4.98 Å². The second kappa shape index (κ2) is 7.47. The van der Waals surface area contributed by atoms with Crippen LogP contribution in [0.15, 0.2) is 24.3 Å². The molecule has 1 aromatic carbocycles. The molecule has 0 aliphatic rings. The van der Waals surface area contributed by atoms with E-state index in [1.54, 1.807) is 19.1 Å². The molecule has 0 radical (unpaired) electrons. The van der Waals surface area contributed by atoms with Crippen molar-refractivity contribution >= 4 is 22.4 Å². The van der Waals surface area contributed by atoms with E-state index in [-0.39, 0.29) is 24.1 Å². The standard InChI is InChI=1S/C15H17F2N3O2S/c1-8(7-18)13(21)20-15-19-12(9(2)23-15)10-3-5-11(6-4-10)22-14(16)17/h3-6,8,14H,7,18H2,1-2H3,(H,19,20,21). The first-order chi connectivity index (χ1) is 10.9. The van der Waals surface area contributed by atoms with Gasteiger partial charge < -0.3 is 15.8 Å². The van der Waals surface area contributed by atoms with Gasteiger partial charge in [0.2, 0.25) is 5.91 Å². The van der Waals surface area contributed by atoms with Gasteiger partial charge in [0, 0.05) is 22.9 Å². The summed E-state index contributed by atoms with van der Waals surface area (Å²) in [4.78, 5) is 17.1. The molecule has 124 valence electrons. The van der Waals surface area contributed by atoms with E-state index in [1.807, 2.05) is 6.92 Å². The second-order valence-electron chi connectivity index (χ2n) is 4.95. The number of carbonyl (C=O) groups is 1. The maximum absolute atomic E-state index is 12.1. The molecule has 0 spiro atoms. The average molecular weight is 341 g/mol. The first-order valence-electron chi connectivity index (χ1n) is 6.94. The summed E-state index contributed by atoms with van der Waals surface area (Å²) in [6, 6.07) is 6.20. The van der Waals surface area contributed by atoms with E-state index in [0.717, 1.165) is 10.4 Å². The van der Waals surface area contributed by atoms with E-state index in [9.17, 15) is 13.6 Å². The molecule has 3 N–H and O–H groups in total. The Labute approximate surface area is 136 Å². The fraction of sp³-hybridized carbons (Fsp3) is 0.333. The lowest BCUT2D eigenvalue weighted by Crippen LogP contribution is -2.26. The molecule has 23 heavy (non-hydrogen) atoms. The molecular formula is C15H17F2N3O2S. The number of nitrogens with one attached hydrogen (secondary N) is 1. The van der Waals surface area contributed by atoms with Gasteiger partial charge in [-0.1, -0.05) is 6.92 Å². The molecule has 0 aliphatic carbocycles. The Morgan fingerprint density at radius 2 is 2.04 bits per heavy atom. The van der Waals surface area contributed by atoms with E-state index in [1.165, 1.54) is 23.5 Å². The predicted octanol–water partition coefficient (Wildman–Crippen LogP) is 3.25. The van der Waals surface area contributed by atoms with E-state index in [0.29, 0.717) is 10.8 Å². The maximum atomic E-state index is 12.1. The lowest BCUT2D eigenvalue weighted by atomic mass is 10.1. The van der Waals surface area contributed by atoms with Crippen molar-refractivity contribution in [2.24, 2.45) is 11.7 Å². The van der Waals surface area contributed by atoms with Crippen molar-refractivity contribution in [3.63, 3.8) is 0 Å². The molecule has 5 nitrogen and oxygen atoms in total. The molecule has 0 saturated heterocycles. The van der Waals surface area contributed by atoms with Gasteiger partial charge in [-0.2, -0.15) is 8.78 Å². The van der Waals surface area contributed by atoms with Crippen molar-refractivity contribution in [2.75, 3.05) is 11.9 Å². The Morgan fingerprint density at radius 3 is 2.61 bits per heavy atom. The summed E-state index contributed by atoms with van der Waals surface area (Å²) in [6.07, 6.45) is 0. The third-order valence-electron chi connectivity index (χ3n) is 3.18. The van der Waals surface area contributed by atoms with Gasteiger partial charge in [0.25, 0.3) is 0 Å². The van der Waals surface area contributed by atoms with Crippen molar-refractivity contribution in [2.45, 2.75) is 20.5 Å². The number of hydrogen-bond acceptors (Lipinski definition) is 5. The minimum atomic E-state index is -2.85. The number of aryl methyl sites for hydroxylation is 1. The molecule has 0 fully saturated rings. The molecule has 0 saturated carbocycles. The molecular weight excluding hydrogens is 324 g/mol. The van der Waals surface area contributed by atoms with Gasteiger partial charge in [0.15, 0.2) is 5.13 Å². The number of rotatable bonds is 6. The van der Waals surface area contributed by atoms with Crippen LogP contribution in [0.5, 0.6) is 5.75 Å². The number of alkyl halides is 2. The number of thiazole rings is 1. The number of amides is 1. The Balaban J connectivity index is 2.16. The number of aromatic nitrogens is 1. The van der Waals surface area contributed by atoms with Crippen LogP contribution in [0.25, 0.3) is 11.3 Å². The van der Waals surface area contributed by atoms with Crippen LogP contribution >= 0.6 is 11.3 Å². The minimum absolute atomic E-state index is 0.0851. The lowest BCUT2D eigenvalue weighted by molar-refractivity contribution is -0.119. The topological polar surface area (TPSA) is 77.2 Å². The van der Waals surface area contributed by atoms with Gasteiger partial charge in [0.05, 0.1) is 5.69 Å². The zero-order valence-corrected chi connectivity index (χ0v) is 13.5. The monoisotopic (exact) mass is 341 g/mol. The summed E-state index contributed by atoms with van der Waals surface area (Å²) < 4.78 is 28.6. The number of benzene rings is 1. The highest BCUT2D eigenvalue weighted by Crippen LogP contribution is 2.31. The number of hydrogen-bond donors (Lipinski definition) is 2. The summed E-state index contributed by atoms with van der Waals surface area (Å²) in [5.41, 5.74) is 6.90. The third kappa shape index (κ3) is 4.46. The van der Waals surface area contributed by atoms with Crippen LogP contribution < -0.4 is 15.8 Å². The second-order valence-corrected chi connectivity index (χ2v) is 6.16. The fourth-order valence-corrected chi connectivity index (χ4v) is 2.69. The summed E-state index contributed by atoms with van der Waals surface area (Å²) in [6.45, 7) is 1.01. The predicted molar refractivity (Wildman–Crippen MR) is 85.8 cm³/mol. The Bertz CT molecular complexity index is 674. The highest BCUT2D eigenvalue weighted by molar-refractivity contribution is 7.16. The number of ether oxygens (including phenoxy) is 1. The molecule has 1 heterocycles. The number of nitrogens with two attached hydrogens (primary N) is 1. The molecule has 1 atom stereocenters. The van der Waals surface area contributed by atoms with E-state index < -0.39 is 6.61 Å². The smallest absolute Gasteiger partial charge is 0.387 e. The molecule has 0 aliphatic heterocycles. The van der Waals surface area contributed by atoms with Crippen molar-refractivity contribution in [1.29, 1.82) is 0 Å². The molecule has 8 heteroatoms. The quantitative estimate of drug-likeness (QED) is 0.845. The Morgan fingerprint density at radius 1 is 1.39 bits per heavy atom. The summed E-state index contributed by atoms with van der Waals surface area (Å²) in [7, 11) is 0. The summed E-state index contributed by atoms with van der Waals surface area (Å²) in [5.74, 6) is -0.399. The highest BCUT2D eigenvalue weighted by Gasteiger charge is 2.15. The van der Waals surface area contributed by atoms with Crippen molar-refractivity contribution in [1.82, 2.24) is 4.98 Å². The van der Waals surface area contributed by atoms with Crippen LogP contribution in [0.3, 0.4) is 0 Å². The van der Waals surface area contributed by atoms with Crippen molar-refractivity contribution < 1.29 is 18.3 Å². The summed E-state index contributed by atoms with van der Waals surface area (Å²) in [5, 5.41) is 3.21. The molecule has 2 rings (SSSR count). The Kier molecular flexibility index (Phi) is 5.62. The minimum Gasteiger partial charge on any atom is -0.435 e.